The zero-order chi connectivity index (χ0) is 22.2. The number of benzene rings is 2. The first-order valence-electron chi connectivity index (χ1n) is 10.2. The van der Waals surface area contributed by atoms with Crippen LogP contribution in [0.2, 0.25) is 0 Å². The van der Waals surface area contributed by atoms with Crippen LogP contribution in [0.25, 0.3) is 28.5 Å². The predicted molar refractivity (Wildman–Crippen MR) is 128 cm³/mol. The Balaban J connectivity index is 1.83. The molecule has 2 aromatic carbocycles. The van der Waals surface area contributed by atoms with Gasteiger partial charge < -0.3 is 4.74 Å². The number of hydrogen-bond acceptors (Lipinski definition) is 2. The molecule has 0 spiro atoms. The molecule has 0 aliphatic heterocycles. The summed E-state index contributed by atoms with van der Waals surface area (Å²) < 4.78 is 20.4. The molecule has 2 nitrogen and oxygen atoms in total. The summed E-state index contributed by atoms with van der Waals surface area (Å²) in [6.45, 7) is 9.43. The Labute approximate surface area is 183 Å². The predicted octanol–water partition coefficient (Wildman–Crippen LogP) is 7.92. The van der Waals surface area contributed by atoms with Crippen molar-refractivity contribution in [2.45, 2.75) is 20.8 Å². The first-order chi connectivity index (χ1) is 15.0. The average molecular weight is 412 g/mol. The Kier molecular flexibility index (Phi) is 7.34. The number of pyridine rings is 1. The summed E-state index contributed by atoms with van der Waals surface area (Å²) in [6, 6.07) is 17.1. The first-order valence-corrected chi connectivity index (χ1v) is 10.2. The number of hydrogen-bond donors (Lipinski definition) is 0. The lowest BCUT2D eigenvalue weighted by Gasteiger charge is -2.09. The summed E-state index contributed by atoms with van der Waals surface area (Å²) in [6.07, 6.45) is 11.1. The maximum absolute atomic E-state index is 14.5. The third kappa shape index (κ3) is 5.46. The second-order valence-corrected chi connectivity index (χ2v) is 7.03. The Morgan fingerprint density at radius 2 is 1.55 bits per heavy atom. The van der Waals surface area contributed by atoms with Crippen LogP contribution in [-0.2, 0) is 0 Å². The molecule has 31 heavy (non-hydrogen) atoms. The highest BCUT2D eigenvalue weighted by molar-refractivity contribution is 5.70. The van der Waals surface area contributed by atoms with Crippen molar-refractivity contribution >= 4 is 6.08 Å². The van der Waals surface area contributed by atoms with E-state index in [1.54, 1.807) is 6.08 Å². The van der Waals surface area contributed by atoms with Crippen LogP contribution in [0.1, 0.15) is 25.1 Å². The molecule has 1 heterocycles. The monoisotopic (exact) mass is 411 g/mol. The van der Waals surface area contributed by atoms with Crippen LogP contribution in [0.3, 0.4) is 0 Å². The van der Waals surface area contributed by atoms with Crippen LogP contribution in [0, 0.1) is 12.7 Å². The minimum absolute atomic E-state index is 0.315. The molecule has 0 unspecified atom stereocenters. The SMILES string of the molecule is C=C/C=C(\C=C/C)Oc1ccc(-c2ccc(-c3nc(/C=C/C)c(C)cc3F)cc2)cc1. The molecular formula is C28H26FNO. The van der Waals surface area contributed by atoms with Crippen molar-refractivity contribution in [3.63, 3.8) is 0 Å². The highest BCUT2D eigenvalue weighted by Crippen LogP contribution is 2.28. The quantitative estimate of drug-likeness (QED) is 0.291. The normalized spacial score (nSPS) is 11.9. The van der Waals surface area contributed by atoms with Crippen LogP contribution in [0.5, 0.6) is 5.75 Å². The Morgan fingerprint density at radius 3 is 2.13 bits per heavy atom. The minimum Gasteiger partial charge on any atom is -0.457 e. The zero-order valence-electron chi connectivity index (χ0n) is 18.1. The summed E-state index contributed by atoms with van der Waals surface area (Å²) in [7, 11) is 0. The highest BCUT2D eigenvalue weighted by Gasteiger charge is 2.10. The van der Waals surface area contributed by atoms with Gasteiger partial charge >= 0.3 is 0 Å². The molecule has 0 amide bonds. The van der Waals surface area contributed by atoms with Gasteiger partial charge in [0, 0.05) is 5.56 Å². The standard InChI is InChI=1S/C28H26FNO/c1-5-8-24(9-6-2)31-25-17-15-22(16-18-25)21-11-13-23(14-12-21)28-26(29)19-20(4)27(30-28)10-7-3/h5-19H,1H2,2-4H3/b9-6-,10-7+,24-8+. The van der Waals surface area contributed by atoms with Gasteiger partial charge in [-0.3, -0.25) is 0 Å². The molecular weight excluding hydrogens is 385 g/mol. The highest BCUT2D eigenvalue weighted by atomic mass is 19.1. The average Bonchev–Trinajstić information content (AvgIpc) is 2.77. The molecule has 0 bridgehead atoms. The fourth-order valence-corrected chi connectivity index (χ4v) is 3.20. The zero-order valence-corrected chi connectivity index (χ0v) is 18.1. The van der Waals surface area contributed by atoms with Gasteiger partial charge in [0.05, 0.1) is 5.69 Å². The number of aryl methyl sites for hydroxylation is 1. The van der Waals surface area contributed by atoms with Crippen LogP contribution in [0.15, 0.2) is 97.3 Å². The number of aromatic nitrogens is 1. The number of halogens is 1. The smallest absolute Gasteiger partial charge is 0.149 e. The topological polar surface area (TPSA) is 22.1 Å². The lowest BCUT2D eigenvalue weighted by atomic mass is 10.0. The molecule has 0 saturated carbocycles. The van der Waals surface area contributed by atoms with Crippen molar-refractivity contribution in [1.29, 1.82) is 0 Å². The van der Waals surface area contributed by atoms with E-state index in [0.717, 1.165) is 39.5 Å². The molecule has 3 aromatic rings. The molecule has 3 rings (SSSR count). The maximum Gasteiger partial charge on any atom is 0.149 e. The Hall–Kier alpha value is -3.72. The Morgan fingerprint density at radius 1 is 0.935 bits per heavy atom. The molecule has 0 radical (unpaired) electrons. The fraction of sp³-hybridized carbons (Fsp3) is 0.107. The third-order valence-corrected chi connectivity index (χ3v) is 4.73. The number of nitrogens with zero attached hydrogens (tertiary/aromatic N) is 1. The summed E-state index contributed by atoms with van der Waals surface area (Å²) in [5.74, 6) is 1.15. The second kappa shape index (κ2) is 10.4. The first kappa shape index (κ1) is 22.0. The van der Waals surface area contributed by atoms with Crippen molar-refractivity contribution in [2.75, 3.05) is 0 Å². The molecule has 0 saturated heterocycles. The van der Waals surface area contributed by atoms with Gasteiger partial charge in [-0.05, 0) is 73.9 Å². The van der Waals surface area contributed by atoms with E-state index in [1.165, 1.54) is 6.07 Å². The summed E-state index contributed by atoms with van der Waals surface area (Å²) in [5, 5.41) is 0. The molecule has 0 fully saturated rings. The maximum atomic E-state index is 14.5. The molecule has 1 aromatic heterocycles. The fourth-order valence-electron chi connectivity index (χ4n) is 3.20. The van der Waals surface area contributed by atoms with E-state index in [-0.39, 0.29) is 5.82 Å². The molecule has 0 aliphatic rings. The van der Waals surface area contributed by atoms with Crippen molar-refractivity contribution in [3.8, 4) is 28.1 Å². The molecule has 0 N–H and O–H groups in total. The van der Waals surface area contributed by atoms with Gasteiger partial charge in [0.25, 0.3) is 0 Å². The van der Waals surface area contributed by atoms with Gasteiger partial charge in [0.15, 0.2) is 0 Å². The molecule has 0 atom stereocenters. The largest absolute Gasteiger partial charge is 0.457 e. The third-order valence-electron chi connectivity index (χ3n) is 4.73. The van der Waals surface area contributed by atoms with Crippen LogP contribution >= 0.6 is 0 Å². The number of allylic oxidation sites excluding steroid dienone is 5. The molecule has 156 valence electrons. The van der Waals surface area contributed by atoms with Crippen molar-refractivity contribution in [1.82, 2.24) is 4.98 Å². The van der Waals surface area contributed by atoms with E-state index in [4.69, 9.17) is 4.74 Å². The second-order valence-electron chi connectivity index (χ2n) is 7.03. The summed E-state index contributed by atoms with van der Waals surface area (Å²) in [5.41, 5.74) is 4.79. The van der Waals surface area contributed by atoms with Crippen LogP contribution < -0.4 is 4.74 Å². The number of rotatable bonds is 7. The Bertz CT molecular complexity index is 1140. The van der Waals surface area contributed by atoms with Crippen molar-refractivity contribution < 1.29 is 9.13 Å². The van der Waals surface area contributed by atoms with Crippen LogP contribution in [0.4, 0.5) is 4.39 Å². The van der Waals surface area contributed by atoms with E-state index in [0.29, 0.717) is 5.69 Å². The van der Waals surface area contributed by atoms with Gasteiger partial charge in [0.1, 0.15) is 23.0 Å². The van der Waals surface area contributed by atoms with E-state index in [9.17, 15) is 4.39 Å². The van der Waals surface area contributed by atoms with Gasteiger partial charge in [-0.1, -0.05) is 61.2 Å². The number of ether oxygens (including phenoxy) is 1. The molecule has 3 heteroatoms. The van der Waals surface area contributed by atoms with Gasteiger partial charge in [-0.25, -0.2) is 9.37 Å². The molecule has 0 aliphatic carbocycles. The van der Waals surface area contributed by atoms with Crippen molar-refractivity contribution in [3.05, 3.63) is 114 Å². The van der Waals surface area contributed by atoms with Gasteiger partial charge in [-0.15, -0.1) is 0 Å². The van der Waals surface area contributed by atoms with E-state index in [2.05, 4.69) is 11.6 Å². The van der Waals surface area contributed by atoms with E-state index < -0.39 is 0 Å². The van der Waals surface area contributed by atoms with Crippen LogP contribution in [-0.4, -0.2) is 4.98 Å². The minimum atomic E-state index is -0.315. The van der Waals surface area contributed by atoms with E-state index >= 15 is 0 Å². The lowest BCUT2D eigenvalue weighted by molar-refractivity contribution is 0.444. The summed E-state index contributed by atoms with van der Waals surface area (Å²) in [4.78, 5) is 4.51. The van der Waals surface area contributed by atoms with Gasteiger partial charge in [0.2, 0.25) is 0 Å². The van der Waals surface area contributed by atoms with E-state index in [1.807, 2.05) is 99.7 Å². The van der Waals surface area contributed by atoms with Crippen molar-refractivity contribution in [2.24, 2.45) is 0 Å². The summed E-state index contributed by atoms with van der Waals surface area (Å²) >= 11 is 0. The lowest BCUT2D eigenvalue weighted by Crippen LogP contribution is -1.95. The van der Waals surface area contributed by atoms with Gasteiger partial charge in [-0.2, -0.15) is 0 Å².